The van der Waals surface area contributed by atoms with Gasteiger partial charge >= 0.3 is 0 Å². The van der Waals surface area contributed by atoms with E-state index in [1.54, 1.807) is 24.1 Å². The first-order valence-corrected chi connectivity index (χ1v) is 5.80. The summed E-state index contributed by atoms with van der Waals surface area (Å²) >= 11 is 5.64. The molecule has 0 unspecified atom stereocenters. The molecule has 0 aliphatic carbocycles. The molecule has 2 aromatic rings. The lowest BCUT2D eigenvalue weighted by molar-refractivity contribution is 0.0987. The highest BCUT2D eigenvalue weighted by Gasteiger charge is 2.16. The number of hydrogen-bond acceptors (Lipinski definition) is 3. The second-order valence-electron chi connectivity index (χ2n) is 3.89. The molecule has 0 saturated carbocycles. The molecule has 0 radical (unpaired) electrons. The summed E-state index contributed by atoms with van der Waals surface area (Å²) in [5, 5.41) is 7.72. The van der Waals surface area contributed by atoms with E-state index in [0.717, 1.165) is 11.3 Å². The van der Waals surface area contributed by atoms with Gasteiger partial charge in [-0.05, 0) is 30.7 Å². The van der Waals surface area contributed by atoms with Crippen molar-refractivity contribution in [2.75, 3.05) is 11.9 Å². The van der Waals surface area contributed by atoms with Crippen molar-refractivity contribution in [3.63, 3.8) is 0 Å². The van der Waals surface area contributed by atoms with Crippen LogP contribution in [-0.2, 0) is 0 Å². The molecule has 1 aromatic carbocycles. The summed E-state index contributed by atoms with van der Waals surface area (Å²) in [6.07, 6.45) is 0. The van der Waals surface area contributed by atoms with Crippen LogP contribution in [0.5, 0.6) is 0 Å². The van der Waals surface area contributed by atoms with Gasteiger partial charge < -0.3 is 4.90 Å². The predicted molar refractivity (Wildman–Crippen MR) is 71.0 cm³/mol. The summed E-state index contributed by atoms with van der Waals surface area (Å²) in [5.41, 5.74) is 2.14. The molecular weight excluding hydrogens is 250 g/mol. The molecule has 0 spiro atoms. The molecule has 92 valence electrons. The number of benzene rings is 1. The quantitative estimate of drug-likeness (QED) is 0.835. The molecule has 0 aliphatic rings. The Kier molecular flexibility index (Phi) is 3.58. The van der Waals surface area contributed by atoms with Crippen LogP contribution in [-0.4, -0.2) is 23.2 Å². The number of aryl methyl sites for hydroxylation is 1. The van der Waals surface area contributed by atoms with E-state index in [2.05, 4.69) is 10.2 Å². The average molecular weight is 262 g/mol. The van der Waals surface area contributed by atoms with E-state index in [4.69, 9.17) is 11.6 Å². The number of halogens is 1. The Bertz CT molecular complexity index is 569. The molecule has 0 atom stereocenters. The van der Waals surface area contributed by atoms with Gasteiger partial charge in [-0.15, -0.1) is 10.2 Å². The lowest BCUT2D eigenvalue weighted by atomic mass is 10.2. The standard InChI is InChI=1S/C13H12ClN3O/c1-9-5-3-4-6-11(9)17(2)13(18)10-7-8-12(14)16-15-10/h3-8H,1-2H3. The van der Waals surface area contributed by atoms with Crippen LogP contribution in [0.4, 0.5) is 5.69 Å². The zero-order valence-electron chi connectivity index (χ0n) is 10.1. The van der Waals surface area contributed by atoms with E-state index < -0.39 is 0 Å². The lowest BCUT2D eigenvalue weighted by Crippen LogP contribution is -2.27. The van der Waals surface area contributed by atoms with Crippen molar-refractivity contribution in [1.29, 1.82) is 0 Å². The normalized spacial score (nSPS) is 10.2. The first-order chi connectivity index (χ1) is 8.59. The minimum absolute atomic E-state index is 0.214. The van der Waals surface area contributed by atoms with Crippen molar-refractivity contribution in [2.24, 2.45) is 0 Å². The zero-order chi connectivity index (χ0) is 13.1. The van der Waals surface area contributed by atoms with Crippen molar-refractivity contribution in [3.8, 4) is 0 Å². The minimum atomic E-state index is -0.214. The van der Waals surface area contributed by atoms with E-state index in [1.165, 1.54) is 0 Å². The molecule has 0 N–H and O–H groups in total. The monoisotopic (exact) mass is 261 g/mol. The second kappa shape index (κ2) is 5.14. The van der Waals surface area contributed by atoms with Crippen LogP contribution in [0, 0.1) is 6.92 Å². The third-order valence-electron chi connectivity index (χ3n) is 2.63. The predicted octanol–water partition coefficient (Wildman–Crippen LogP) is 2.72. The highest BCUT2D eigenvalue weighted by atomic mass is 35.5. The molecule has 4 nitrogen and oxygen atoms in total. The smallest absolute Gasteiger partial charge is 0.278 e. The molecule has 1 amide bonds. The number of carbonyl (C=O) groups is 1. The fourth-order valence-corrected chi connectivity index (χ4v) is 1.75. The van der Waals surface area contributed by atoms with Crippen LogP contribution in [0.1, 0.15) is 16.1 Å². The van der Waals surface area contributed by atoms with E-state index in [9.17, 15) is 4.79 Å². The van der Waals surface area contributed by atoms with Crippen LogP contribution in [0.15, 0.2) is 36.4 Å². The third-order valence-corrected chi connectivity index (χ3v) is 2.83. The van der Waals surface area contributed by atoms with E-state index in [-0.39, 0.29) is 16.8 Å². The minimum Gasteiger partial charge on any atom is -0.310 e. The number of amides is 1. The third kappa shape index (κ3) is 2.49. The molecule has 5 heteroatoms. The Morgan fingerprint density at radius 3 is 2.50 bits per heavy atom. The highest BCUT2D eigenvalue weighted by molar-refractivity contribution is 6.29. The average Bonchev–Trinajstić information content (AvgIpc) is 2.38. The first-order valence-electron chi connectivity index (χ1n) is 5.42. The number of carbonyl (C=O) groups excluding carboxylic acids is 1. The molecule has 1 heterocycles. The number of para-hydroxylation sites is 1. The SMILES string of the molecule is Cc1ccccc1N(C)C(=O)c1ccc(Cl)nn1. The van der Waals surface area contributed by atoms with Gasteiger partial charge in [0.25, 0.3) is 5.91 Å². The van der Waals surface area contributed by atoms with Gasteiger partial charge in [-0.3, -0.25) is 4.79 Å². The fourth-order valence-electron chi connectivity index (χ4n) is 1.65. The number of nitrogens with zero attached hydrogens (tertiary/aromatic N) is 3. The first kappa shape index (κ1) is 12.5. The summed E-state index contributed by atoms with van der Waals surface area (Å²) < 4.78 is 0. The summed E-state index contributed by atoms with van der Waals surface area (Å²) in [5.74, 6) is -0.214. The van der Waals surface area contributed by atoms with Gasteiger partial charge in [-0.25, -0.2) is 0 Å². The van der Waals surface area contributed by atoms with Gasteiger partial charge in [0.05, 0.1) is 0 Å². The summed E-state index contributed by atoms with van der Waals surface area (Å²) in [6.45, 7) is 1.95. The van der Waals surface area contributed by atoms with Crippen LogP contribution in [0.2, 0.25) is 5.15 Å². The maximum Gasteiger partial charge on any atom is 0.278 e. The van der Waals surface area contributed by atoms with Crippen LogP contribution >= 0.6 is 11.6 Å². The Hall–Kier alpha value is -1.94. The Morgan fingerprint density at radius 2 is 1.89 bits per heavy atom. The summed E-state index contributed by atoms with van der Waals surface area (Å²) in [7, 11) is 1.71. The van der Waals surface area contributed by atoms with Gasteiger partial charge in [-0.1, -0.05) is 29.8 Å². The second-order valence-corrected chi connectivity index (χ2v) is 4.28. The van der Waals surface area contributed by atoms with Crippen LogP contribution in [0.25, 0.3) is 0 Å². The largest absolute Gasteiger partial charge is 0.310 e. The fraction of sp³-hybridized carbons (Fsp3) is 0.154. The summed E-state index contributed by atoms with van der Waals surface area (Å²) in [6, 6.07) is 10.8. The lowest BCUT2D eigenvalue weighted by Gasteiger charge is -2.18. The summed E-state index contributed by atoms with van der Waals surface area (Å²) in [4.78, 5) is 13.7. The van der Waals surface area contributed by atoms with Crippen LogP contribution in [0.3, 0.4) is 0 Å². The number of anilines is 1. The van der Waals surface area contributed by atoms with Gasteiger partial charge in [0.15, 0.2) is 10.8 Å². The van der Waals surface area contributed by atoms with Gasteiger partial charge in [-0.2, -0.15) is 0 Å². The Labute approximate surface area is 110 Å². The molecule has 0 aliphatic heterocycles. The molecule has 2 rings (SSSR count). The molecular formula is C13H12ClN3O. The van der Waals surface area contributed by atoms with Gasteiger partial charge in [0.1, 0.15) is 0 Å². The topological polar surface area (TPSA) is 46.1 Å². The maximum atomic E-state index is 12.2. The van der Waals surface area contributed by atoms with E-state index >= 15 is 0 Å². The van der Waals surface area contributed by atoms with E-state index in [1.807, 2.05) is 31.2 Å². The van der Waals surface area contributed by atoms with Crippen molar-refractivity contribution >= 4 is 23.2 Å². The molecule has 0 bridgehead atoms. The van der Waals surface area contributed by atoms with Crippen molar-refractivity contribution in [1.82, 2.24) is 10.2 Å². The van der Waals surface area contributed by atoms with E-state index in [0.29, 0.717) is 0 Å². The highest BCUT2D eigenvalue weighted by Crippen LogP contribution is 2.19. The van der Waals surface area contributed by atoms with Gasteiger partial charge in [0.2, 0.25) is 0 Å². The molecule has 0 saturated heterocycles. The molecule has 18 heavy (non-hydrogen) atoms. The number of rotatable bonds is 2. The number of aromatic nitrogens is 2. The van der Waals surface area contributed by atoms with Crippen molar-refractivity contribution in [2.45, 2.75) is 6.92 Å². The van der Waals surface area contributed by atoms with Gasteiger partial charge in [0, 0.05) is 12.7 Å². The van der Waals surface area contributed by atoms with Crippen molar-refractivity contribution < 1.29 is 4.79 Å². The van der Waals surface area contributed by atoms with Crippen molar-refractivity contribution in [3.05, 3.63) is 52.8 Å². The van der Waals surface area contributed by atoms with Crippen LogP contribution < -0.4 is 4.90 Å². The Balaban J connectivity index is 2.29. The zero-order valence-corrected chi connectivity index (χ0v) is 10.8. The molecule has 1 aromatic heterocycles. The molecule has 0 fully saturated rings. The number of hydrogen-bond donors (Lipinski definition) is 0. The maximum absolute atomic E-state index is 12.2. The Morgan fingerprint density at radius 1 is 1.17 bits per heavy atom.